The first-order chi connectivity index (χ1) is 4.93. The molecule has 0 aromatic heterocycles. The van der Waals surface area contributed by atoms with E-state index in [4.69, 9.17) is 0 Å². The molecule has 1 radical (unpaired) electrons. The molecule has 0 aliphatic heterocycles. The highest BCUT2D eigenvalue weighted by molar-refractivity contribution is 5.78. The van der Waals surface area contributed by atoms with Crippen molar-refractivity contribution >= 4 is 6.21 Å². The summed E-state index contributed by atoms with van der Waals surface area (Å²) in [4.78, 5) is 4.27. The van der Waals surface area contributed by atoms with Crippen molar-refractivity contribution in [1.29, 1.82) is 0 Å². The van der Waals surface area contributed by atoms with Crippen LogP contribution in [0.3, 0.4) is 0 Å². The molecule has 51 valence electrons. The average Bonchev–Trinajstić information content (AvgIpc) is 2.03. The molecule has 0 heterocycles. The van der Waals surface area contributed by atoms with Crippen LogP contribution >= 0.6 is 0 Å². The van der Waals surface area contributed by atoms with Crippen molar-refractivity contribution in [1.82, 2.24) is 0 Å². The molecule has 0 spiro atoms. The van der Waals surface area contributed by atoms with Crippen molar-refractivity contribution in [2.24, 2.45) is 5.16 Å². The number of hydrogen-bond donors (Lipinski definition) is 0. The van der Waals surface area contributed by atoms with Gasteiger partial charge in [-0.15, -0.1) is 0 Å². The Kier molecular flexibility index (Phi) is 2.49. The summed E-state index contributed by atoms with van der Waals surface area (Å²) in [5, 5.41) is 3.51. The van der Waals surface area contributed by atoms with Gasteiger partial charge in [0, 0.05) is 0 Å². The molecule has 0 saturated carbocycles. The third-order valence-electron chi connectivity index (χ3n) is 1.08. The van der Waals surface area contributed by atoms with Gasteiger partial charge in [0.25, 0.3) is 0 Å². The summed E-state index contributed by atoms with van der Waals surface area (Å²) >= 11 is 0. The number of benzene rings is 1. The van der Waals surface area contributed by atoms with Gasteiger partial charge in [-0.05, 0) is 5.56 Å². The van der Waals surface area contributed by atoms with Crippen LogP contribution in [0.5, 0.6) is 0 Å². The van der Waals surface area contributed by atoms with E-state index in [0.717, 1.165) is 5.56 Å². The Bertz CT molecular complexity index is 206. The summed E-state index contributed by atoms with van der Waals surface area (Å²) in [5.41, 5.74) is 1.01. The van der Waals surface area contributed by atoms with Crippen LogP contribution in [0, 0.1) is 7.11 Å². The predicted octanol–water partition coefficient (Wildman–Crippen LogP) is 1.83. The molecular weight excluding hydrogens is 126 g/mol. The smallest absolute Gasteiger partial charge is 0.153 e. The van der Waals surface area contributed by atoms with Crippen molar-refractivity contribution < 1.29 is 4.84 Å². The highest BCUT2D eigenvalue weighted by Gasteiger charge is 1.80. The first-order valence-electron chi connectivity index (χ1n) is 2.93. The Morgan fingerprint density at radius 2 is 2.00 bits per heavy atom. The van der Waals surface area contributed by atoms with E-state index in [-0.39, 0.29) is 0 Å². The van der Waals surface area contributed by atoms with Gasteiger partial charge in [0.2, 0.25) is 0 Å². The Labute approximate surface area is 60.1 Å². The Balaban J connectivity index is 2.67. The molecule has 0 fully saturated rings. The van der Waals surface area contributed by atoms with E-state index >= 15 is 0 Å². The molecule has 0 aliphatic rings. The lowest BCUT2D eigenvalue weighted by Crippen LogP contribution is -1.77. The van der Waals surface area contributed by atoms with Crippen molar-refractivity contribution in [3.05, 3.63) is 43.0 Å². The van der Waals surface area contributed by atoms with Crippen LogP contribution in [0.25, 0.3) is 0 Å². The highest BCUT2D eigenvalue weighted by atomic mass is 16.6. The van der Waals surface area contributed by atoms with E-state index in [9.17, 15) is 0 Å². The average molecular weight is 134 g/mol. The van der Waals surface area contributed by atoms with E-state index in [1.165, 1.54) is 0 Å². The molecule has 0 N–H and O–H groups in total. The Morgan fingerprint density at radius 3 is 2.60 bits per heavy atom. The summed E-state index contributed by atoms with van der Waals surface area (Å²) in [6.45, 7) is 0. The molecular formula is C8H8NO. The van der Waals surface area contributed by atoms with Crippen LogP contribution in [-0.4, -0.2) is 6.21 Å². The number of oxime groups is 1. The van der Waals surface area contributed by atoms with Crippen LogP contribution in [0.4, 0.5) is 0 Å². The first kappa shape index (κ1) is 6.81. The Hall–Kier alpha value is -1.31. The number of hydrogen-bond acceptors (Lipinski definition) is 2. The SMILES string of the molecule is [CH2]O/N=C/c1ccccc1. The third-order valence-corrected chi connectivity index (χ3v) is 1.08. The zero-order valence-corrected chi connectivity index (χ0v) is 5.53. The second-order valence-electron chi connectivity index (χ2n) is 1.77. The van der Waals surface area contributed by atoms with Crippen molar-refractivity contribution in [3.8, 4) is 0 Å². The molecule has 2 heteroatoms. The van der Waals surface area contributed by atoms with Crippen LogP contribution in [0.2, 0.25) is 0 Å². The summed E-state index contributed by atoms with van der Waals surface area (Å²) in [5.74, 6) is 0. The lowest BCUT2D eigenvalue weighted by atomic mass is 10.2. The monoisotopic (exact) mass is 134 g/mol. The maximum atomic E-state index is 4.27. The van der Waals surface area contributed by atoms with E-state index in [0.29, 0.717) is 0 Å². The van der Waals surface area contributed by atoms with Gasteiger partial charge < -0.3 is 4.84 Å². The molecule has 0 atom stereocenters. The van der Waals surface area contributed by atoms with Crippen LogP contribution in [-0.2, 0) is 4.84 Å². The van der Waals surface area contributed by atoms with Crippen LogP contribution in [0.15, 0.2) is 35.5 Å². The molecule has 1 aromatic carbocycles. The molecule has 0 saturated heterocycles. The molecule has 0 amide bonds. The maximum absolute atomic E-state index is 4.27. The van der Waals surface area contributed by atoms with Gasteiger partial charge in [0.05, 0.1) is 6.21 Å². The van der Waals surface area contributed by atoms with Gasteiger partial charge >= 0.3 is 0 Å². The van der Waals surface area contributed by atoms with Crippen molar-refractivity contribution in [3.63, 3.8) is 0 Å². The fourth-order valence-electron chi connectivity index (χ4n) is 0.637. The zero-order chi connectivity index (χ0) is 7.23. The van der Waals surface area contributed by atoms with E-state index in [2.05, 4.69) is 17.1 Å². The largest absolute Gasteiger partial charge is 0.392 e. The quantitative estimate of drug-likeness (QED) is 0.446. The first-order valence-corrected chi connectivity index (χ1v) is 2.93. The van der Waals surface area contributed by atoms with E-state index in [1.54, 1.807) is 6.21 Å². The summed E-state index contributed by atoms with van der Waals surface area (Å²) in [7, 11) is 3.10. The predicted molar refractivity (Wildman–Crippen MR) is 40.5 cm³/mol. The third kappa shape index (κ3) is 1.90. The topological polar surface area (TPSA) is 21.6 Å². The van der Waals surface area contributed by atoms with Gasteiger partial charge in [0.15, 0.2) is 7.11 Å². The Morgan fingerprint density at radius 1 is 1.30 bits per heavy atom. The maximum Gasteiger partial charge on any atom is 0.153 e. The molecule has 0 aliphatic carbocycles. The zero-order valence-electron chi connectivity index (χ0n) is 5.53. The van der Waals surface area contributed by atoms with Gasteiger partial charge in [-0.25, -0.2) is 0 Å². The lowest BCUT2D eigenvalue weighted by Gasteiger charge is -1.88. The van der Waals surface area contributed by atoms with Gasteiger partial charge in [-0.1, -0.05) is 35.5 Å². The molecule has 0 unspecified atom stereocenters. The number of nitrogens with zero attached hydrogens (tertiary/aromatic N) is 1. The summed E-state index contributed by atoms with van der Waals surface area (Å²) in [6, 6.07) is 9.68. The van der Waals surface area contributed by atoms with Crippen LogP contribution < -0.4 is 0 Å². The number of rotatable bonds is 2. The van der Waals surface area contributed by atoms with Crippen LogP contribution in [0.1, 0.15) is 5.56 Å². The molecule has 1 aromatic rings. The van der Waals surface area contributed by atoms with Crippen molar-refractivity contribution in [2.75, 3.05) is 0 Å². The van der Waals surface area contributed by atoms with E-state index < -0.39 is 0 Å². The van der Waals surface area contributed by atoms with Crippen molar-refractivity contribution in [2.45, 2.75) is 0 Å². The minimum atomic E-state index is 1.01. The molecule has 1 rings (SSSR count). The van der Waals surface area contributed by atoms with E-state index in [1.807, 2.05) is 30.3 Å². The molecule has 10 heavy (non-hydrogen) atoms. The fourth-order valence-corrected chi connectivity index (χ4v) is 0.637. The highest BCUT2D eigenvalue weighted by Crippen LogP contribution is 1.93. The second-order valence-corrected chi connectivity index (χ2v) is 1.77. The lowest BCUT2D eigenvalue weighted by molar-refractivity contribution is 0.262. The minimum Gasteiger partial charge on any atom is -0.392 e. The normalized spacial score (nSPS) is 10.1. The molecule has 2 nitrogen and oxygen atoms in total. The standard InChI is InChI=1S/C8H8NO/c1-10-9-7-8-5-3-2-4-6-8/h2-7H,1H2/b9-7+. The van der Waals surface area contributed by atoms with Gasteiger partial charge in [0.1, 0.15) is 0 Å². The van der Waals surface area contributed by atoms with Gasteiger partial charge in [-0.2, -0.15) is 0 Å². The molecule has 0 bridgehead atoms. The second kappa shape index (κ2) is 3.67. The minimum absolute atomic E-state index is 1.01. The fraction of sp³-hybridized carbons (Fsp3) is 0. The summed E-state index contributed by atoms with van der Waals surface area (Å²) in [6.07, 6.45) is 1.60. The van der Waals surface area contributed by atoms with Gasteiger partial charge in [-0.3, -0.25) is 0 Å². The summed E-state index contributed by atoms with van der Waals surface area (Å²) < 4.78 is 0.